The molecule has 94 valence electrons. The summed E-state index contributed by atoms with van der Waals surface area (Å²) < 4.78 is 5.59. The molecule has 2 heterocycles. The van der Waals surface area contributed by atoms with E-state index in [0.717, 1.165) is 31.4 Å². The number of amides is 1. The van der Waals surface area contributed by atoms with Crippen LogP contribution < -0.4 is 5.32 Å². The van der Waals surface area contributed by atoms with Crippen LogP contribution in [-0.4, -0.2) is 23.6 Å². The van der Waals surface area contributed by atoms with Crippen LogP contribution in [0.3, 0.4) is 0 Å². The summed E-state index contributed by atoms with van der Waals surface area (Å²) >= 11 is 0. The third-order valence-electron chi connectivity index (χ3n) is 3.12. The van der Waals surface area contributed by atoms with Crippen molar-refractivity contribution in [3.63, 3.8) is 0 Å². The quantitative estimate of drug-likeness (QED) is 0.821. The number of rotatable bonds is 5. The second-order valence-corrected chi connectivity index (χ2v) is 4.52. The Balaban J connectivity index is 1.60. The highest BCUT2D eigenvalue weighted by molar-refractivity contribution is 5.75. The monoisotopic (exact) mass is 236 g/mol. The van der Waals surface area contributed by atoms with Crippen LogP contribution in [-0.2, 0) is 16.1 Å². The average Bonchev–Trinajstić information content (AvgIpc) is 2.88. The number of hydrogen-bond acceptors (Lipinski definition) is 2. The van der Waals surface area contributed by atoms with E-state index in [9.17, 15) is 4.79 Å². The number of H-pyrrole nitrogens is 1. The molecule has 1 aromatic rings. The Morgan fingerprint density at radius 3 is 3.18 bits per heavy atom. The number of nitrogens with one attached hydrogen (secondary N) is 2. The van der Waals surface area contributed by atoms with E-state index in [1.807, 2.05) is 18.5 Å². The van der Waals surface area contributed by atoms with Crippen molar-refractivity contribution in [3.8, 4) is 0 Å². The Labute approximate surface area is 102 Å². The van der Waals surface area contributed by atoms with Crippen LogP contribution in [0.5, 0.6) is 0 Å². The van der Waals surface area contributed by atoms with Crippen LogP contribution in [0.25, 0.3) is 0 Å². The molecule has 1 fully saturated rings. The molecule has 17 heavy (non-hydrogen) atoms. The van der Waals surface area contributed by atoms with Gasteiger partial charge in [-0.3, -0.25) is 4.79 Å². The maximum absolute atomic E-state index is 11.6. The van der Waals surface area contributed by atoms with Crippen molar-refractivity contribution < 1.29 is 9.53 Å². The van der Waals surface area contributed by atoms with Gasteiger partial charge in [-0.15, -0.1) is 0 Å². The lowest BCUT2D eigenvalue weighted by atomic mass is 10.0. The van der Waals surface area contributed by atoms with Crippen molar-refractivity contribution in [2.75, 3.05) is 6.61 Å². The van der Waals surface area contributed by atoms with Crippen molar-refractivity contribution in [3.05, 3.63) is 24.0 Å². The Morgan fingerprint density at radius 2 is 2.47 bits per heavy atom. The fraction of sp³-hybridized carbons (Fsp3) is 0.615. The van der Waals surface area contributed by atoms with E-state index >= 15 is 0 Å². The fourth-order valence-electron chi connectivity index (χ4n) is 2.08. The van der Waals surface area contributed by atoms with Crippen molar-refractivity contribution in [2.24, 2.45) is 0 Å². The van der Waals surface area contributed by atoms with Crippen molar-refractivity contribution in [2.45, 2.75) is 44.8 Å². The maximum Gasteiger partial charge on any atom is 0.220 e. The molecule has 2 N–H and O–H groups in total. The van der Waals surface area contributed by atoms with Crippen molar-refractivity contribution >= 4 is 5.91 Å². The van der Waals surface area contributed by atoms with Gasteiger partial charge >= 0.3 is 0 Å². The average molecular weight is 236 g/mol. The van der Waals surface area contributed by atoms with E-state index in [1.54, 1.807) is 0 Å². The number of aromatic amines is 1. The van der Waals surface area contributed by atoms with Gasteiger partial charge in [-0.1, -0.05) is 0 Å². The second kappa shape index (κ2) is 6.45. The van der Waals surface area contributed by atoms with Crippen LogP contribution >= 0.6 is 0 Å². The zero-order valence-corrected chi connectivity index (χ0v) is 10.1. The van der Waals surface area contributed by atoms with E-state index in [0.29, 0.717) is 19.1 Å². The molecule has 0 saturated carbocycles. The molecule has 1 atom stereocenters. The third-order valence-corrected chi connectivity index (χ3v) is 3.12. The third kappa shape index (κ3) is 4.23. The van der Waals surface area contributed by atoms with Gasteiger partial charge in [0, 0.05) is 32.0 Å². The number of carbonyl (C=O) groups is 1. The molecule has 1 aromatic heterocycles. The zero-order valence-electron chi connectivity index (χ0n) is 10.1. The summed E-state index contributed by atoms with van der Waals surface area (Å²) in [5.74, 6) is 0.111. The van der Waals surface area contributed by atoms with Crippen LogP contribution in [0.2, 0.25) is 0 Å². The molecule has 0 radical (unpaired) electrons. The lowest BCUT2D eigenvalue weighted by Crippen LogP contribution is -2.25. The standard InChI is InChI=1S/C13H20N2O2/c16-13(15-10-11-6-7-14-9-11)5-4-12-3-1-2-8-17-12/h6-7,9,12,14H,1-5,8,10H2,(H,15,16). The number of hydrogen-bond donors (Lipinski definition) is 2. The van der Waals surface area contributed by atoms with Gasteiger partial charge < -0.3 is 15.0 Å². The van der Waals surface area contributed by atoms with Gasteiger partial charge in [0.05, 0.1) is 6.10 Å². The molecule has 1 aliphatic heterocycles. The van der Waals surface area contributed by atoms with E-state index < -0.39 is 0 Å². The van der Waals surface area contributed by atoms with Crippen LogP contribution in [0.1, 0.15) is 37.7 Å². The maximum atomic E-state index is 11.6. The van der Waals surface area contributed by atoms with Gasteiger partial charge in [-0.05, 0) is 37.3 Å². The summed E-state index contributed by atoms with van der Waals surface area (Å²) in [6, 6.07) is 1.96. The van der Waals surface area contributed by atoms with Crippen molar-refractivity contribution in [1.82, 2.24) is 10.3 Å². The van der Waals surface area contributed by atoms with E-state index in [-0.39, 0.29) is 5.91 Å². The number of ether oxygens (including phenoxy) is 1. The summed E-state index contributed by atoms with van der Waals surface area (Å²) in [6.07, 6.45) is 8.95. The van der Waals surface area contributed by atoms with Gasteiger partial charge in [0.25, 0.3) is 0 Å². The minimum absolute atomic E-state index is 0.111. The first-order valence-electron chi connectivity index (χ1n) is 6.34. The molecular formula is C13H20N2O2. The number of carbonyl (C=O) groups excluding carboxylic acids is 1. The molecule has 0 spiro atoms. The summed E-state index contributed by atoms with van der Waals surface area (Å²) in [5.41, 5.74) is 1.10. The molecule has 0 aliphatic carbocycles. The molecule has 4 nitrogen and oxygen atoms in total. The molecule has 2 rings (SSSR count). The lowest BCUT2D eigenvalue weighted by molar-refractivity contribution is -0.122. The van der Waals surface area contributed by atoms with E-state index in [2.05, 4.69) is 10.3 Å². The topological polar surface area (TPSA) is 54.1 Å². The number of aromatic nitrogens is 1. The molecule has 1 saturated heterocycles. The Kier molecular flexibility index (Phi) is 4.62. The molecule has 1 unspecified atom stereocenters. The summed E-state index contributed by atoms with van der Waals surface area (Å²) in [4.78, 5) is 14.6. The predicted octanol–water partition coefficient (Wildman–Crippen LogP) is 1.98. The summed E-state index contributed by atoms with van der Waals surface area (Å²) in [7, 11) is 0. The largest absolute Gasteiger partial charge is 0.378 e. The van der Waals surface area contributed by atoms with Gasteiger partial charge in [0.1, 0.15) is 0 Å². The molecule has 4 heteroatoms. The van der Waals surface area contributed by atoms with Crippen LogP contribution in [0, 0.1) is 0 Å². The van der Waals surface area contributed by atoms with Gasteiger partial charge in [0.15, 0.2) is 0 Å². The van der Waals surface area contributed by atoms with Gasteiger partial charge in [0.2, 0.25) is 5.91 Å². The fourth-order valence-corrected chi connectivity index (χ4v) is 2.08. The second-order valence-electron chi connectivity index (χ2n) is 4.52. The molecule has 0 bridgehead atoms. The zero-order chi connectivity index (χ0) is 11.9. The van der Waals surface area contributed by atoms with Gasteiger partial charge in [-0.2, -0.15) is 0 Å². The molecular weight excluding hydrogens is 216 g/mol. The van der Waals surface area contributed by atoms with Crippen LogP contribution in [0.15, 0.2) is 18.5 Å². The first-order chi connectivity index (χ1) is 8.34. The highest BCUT2D eigenvalue weighted by atomic mass is 16.5. The molecule has 1 amide bonds. The Hall–Kier alpha value is -1.29. The Morgan fingerprint density at radius 1 is 1.53 bits per heavy atom. The normalized spacial score (nSPS) is 20.1. The minimum Gasteiger partial charge on any atom is -0.378 e. The lowest BCUT2D eigenvalue weighted by Gasteiger charge is -2.22. The highest BCUT2D eigenvalue weighted by Gasteiger charge is 2.14. The molecule has 1 aliphatic rings. The highest BCUT2D eigenvalue weighted by Crippen LogP contribution is 2.16. The summed E-state index contributed by atoms with van der Waals surface area (Å²) in [5, 5.41) is 2.91. The molecule has 0 aromatic carbocycles. The smallest absolute Gasteiger partial charge is 0.220 e. The van der Waals surface area contributed by atoms with Crippen molar-refractivity contribution in [1.29, 1.82) is 0 Å². The van der Waals surface area contributed by atoms with Gasteiger partial charge in [-0.25, -0.2) is 0 Å². The first kappa shape index (κ1) is 12.2. The van der Waals surface area contributed by atoms with E-state index in [1.165, 1.54) is 6.42 Å². The minimum atomic E-state index is 0.111. The van der Waals surface area contributed by atoms with E-state index in [4.69, 9.17) is 4.74 Å². The van der Waals surface area contributed by atoms with Crippen LogP contribution in [0.4, 0.5) is 0 Å². The summed E-state index contributed by atoms with van der Waals surface area (Å²) in [6.45, 7) is 1.46. The SMILES string of the molecule is O=C(CCC1CCCCO1)NCc1cc[nH]c1. The predicted molar refractivity (Wildman–Crippen MR) is 65.5 cm³/mol. The first-order valence-corrected chi connectivity index (χ1v) is 6.34. The Bertz CT molecular complexity index is 329.